The molecule has 0 radical (unpaired) electrons. The number of allylic oxidation sites excluding steroid dienone is 2. The Kier molecular flexibility index (Phi) is 8.91. The molecule has 0 amide bonds. The molecule has 56 heavy (non-hydrogen) atoms. The van der Waals surface area contributed by atoms with Gasteiger partial charge in [-0.2, -0.15) is 0 Å². The lowest BCUT2D eigenvalue weighted by Gasteiger charge is -2.49. The van der Waals surface area contributed by atoms with Gasteiger partial charge in [-0.3, -0.25) is 0 Å². The lowest BCUT2D eigenvalue weighted by molar-refractivity contribution is 0.117. The molecule has 1 fully saturated rings. The molecule has 274 valence electrons. The van der Waals surface area contributed by atoms with E-state index in [2.05, 4.69) is 205 Å². The Balaban J connectivity index is 0.942. The molecule has 1 saturated carbocycles. The molecule has 0 saturated heterocycles. The topological polar surface area (TPSA) is 6.48 Å². The van der Waals surface area contributed by atoms with Crippen molar-refractivity contribution in [1.82, 2.24) is 0 Å². The molecule has 0 aliphatic heterocycles. The van der Waals surface area contributed by atoms with Crippen molar-refractivity contribution in [3.63, 3.8) is 0 Å². The van der Waals surface area contributed by atoms with E-state index in [1.165, 1.54) is 86.9 Å². The van der Waals surface area contributed by atoms with Crippen molar-refractivity contribution < 1.29 is 0 Å². The van der Waals surface area contributed by atoms with Crippen LogP contribution in [0.3, 0.4) is 0 Å². The molecule has 2 aliphatic rings. The second kappa shape index (κ2) is 14.5. The van der Waals surface area contributed by atoms with Crippen molar-refractivity contribution in [2.24, 2.45) is 11.3 Å². The first-order valence-electron chi connectivity index (χ1n) is 20.5. The van der Waals surface area contributed by atoms with Crippen LogP contribution in [0.5, 0.6) is 0 Å². The average molecular weight is 725 g/mol. The van der Waals surface area contributed by atoms with Crippen molar-refractivity contribution in [3.05, 3.63) is 199 Å². The van der Waals surface area contributed by atoms with Gasteiger partial charge in [0.2, 0.25) is 0 Å². The zero-order valence-electron chi connectivity index (χ0n) is 32.2. The summed E-state index contributed by atoms with van der Waals surface area (Å²) >= 11 is 0. The summed E-state index contributed by atoms with van der Waals surface area (Å²) in [6.07, 6.45) is 12.0. The molecule has 3 atom stereocenters. The van der Waals surface area contributed by atoms with Gasteiger partial charge in [-0.1, -0.05) is 134 Å². The van der Waals surface area contributed by atoms with Crippen LogP contribution in [-0.4, -0.2) is 6.04 Å². The summed E-state index contributed by atoms with van der Waals surface area (Å²) in [7, 11) is 0. The molecular formula is C54H48N2. The monoisotopic (exact) mass is 724 g/mol. The first kappa shape index (κ1) is 34.4. The second-order valence-corrected chi connectivity index (χ2v) is 16.5. The second-order valence-electron chi connectivity index (χ2n) is 16.5. The van der Waals surface area contributed by atoms with Crippen LogP contribution >= 0.6 is 0 Å². The molecule has 0 N–H and O–H groups in total. The third-order valence-corrected chi connectivity index (χ3v) is 12.8. The van der Waals surface area contributed by atoms with Gasteiger partial charge in [-0.15, -0.1) is 0 Å². The zero-order valence-corrected chi connectivity index (χ0v) is 32.2. The van der Waals surface area contributed by atoms with Gasteiger partial charge in [0.1, 0.15) is 0 Å². The summed E-state index contributed by atoms with van der Waals surface area (Å²) in [4.78, 5) is 5.05. The molecule has 3 unspecified atom stereocenters. The number of benzene rings is 8. The maximum absolute atomic E-state index is 2.67. The molecule has 2 heteroatoms. The normalized spacial score (nSPS) is 19.2. The fourth-order valence-corrected chi connectivity index (χ4v) is 9.77. The van der Waals surface area contributed by atoms with Crippen LogP contribution in [0.4, 0.5) is 28.4 Å². The van der Waals surface area contributed by atoms with Gasteiger partial charge in [-0.05, 0) is 154 Å². The highest BCUT2D eigenvalue weighted by molar-refractivity contribution is 5.92. The minimum absolute atomic E-state index is 0.358. The van der Waals surface area contributed by atoms with Crippen LogP contribution in [0, 0.1) is 11.3 Å². The Morgan fingerprint density at radius 3 is 1.50 bits per heavy atom. The number of hydrogen-bond donors (Lipinski definition) is 0. The molecule has 0 aromatic heterocycles. The zero-order chi connectivity index (χ0) is 37.5. The molecule has 0 heterocycles. The van der Waals surface area contributed by atoms with E-state index in [9.17, 15) is 0 Å². The van der Waals surface area contributed by atoms with Crippen molar-refractivity contribution in [1.29, 1.82) is 0 Å². The quantitative estimate of drug-likeness (QED) is 0.144. The van der Waals surface area contributed by atoms with Gasteiger partial charge in [0.25, 0.3) is 0 Å². The summed E-state index contributed by atoms with van der Waals surface area (Å²) in [5.74, 6) is 0.701. The number of rotatable bonds is 8. The predicted octanol–water partition coefficient (Wildman–Crippen LogP) is 14.9. The van der Waals surface area contributed by atoms with Crippen LogP contribution in [0.25, 0.3) is 32.3 Å². The maximum Gasteiger partial charge on any atom is 0.0468 e. The standard InChI is InChI=1S/C54H48N2/c1-54-33-9-8-16-47(54)24-32-53(38-54)56(52-31-23-43-12-4-7-15-46(43)37-52)49-27-19-40(20-28-49)34-39-17-25-48(26-18-39)55(50-29-21-41-10-2-5-13-44(41)35-50)51-30-22-42-11-3-6-14-45(42)36-51/h2-8,10-23,25-31,35-37,47,53H,9,24,32-34,38H2,1H3. The predicted molar refractivity (Wildman–Crippen MR) is 239 cm³/mol. The smallest absolute Gasteiger partial charge is 0.0468 e. The maximum atomic E-state index is 2.67. The van der Waals surface area contributed by atoms with Gasteiger partial charge >= 0.3 is 0 Å². The fourth-order valence-electron chi connectivity index (χ4n) is 9.77. The lowest BCUT2D eigenvalue weighted by atomic mass is 9.61. The van der Waals surface area contributed by atoms with Crippen LogP contribution in [0.2, 0.25) is 0 Å². The van der Waals surface area contributed by atoms with E-state index in [-0.39, 0.29) is 0 Å². The molecule has 8 aromatic carbocycles. The summed E-state index contributed by atoms with van der Waals surface area (Å²) in [6.45, 7) is 2.54. The van der Waals surface area contributed by atoms with Crippen molar-refractivity contribution in [3.8, 4) is 0 Å². The third kappa shape index (κ3) is 6.64. The largest absolute Gasteiger partial charge is 0.338 e. The highest BCUT2D eigenvalue weighted by Crippen LogP contribution is 2.50. The molecule has 2 aliphatic carbocycles. The van der Waals surface area contributed by atoms with Gasteiger partial charge in [0.05, 0.1) is 0 Å². The summed E-state index contributed by atoms with van der Waals surface area (Å²) < 4.78 is 0. The Labute approximate surface area is 331 Å². The third-order valence-electron chi connectivity index (χ3n) is 12.8. The van der Waals surface area contributed by atoms with Gasteiger partial charge < -0.3 is 9.80 Å². The van der Waals surface area contributed by atoms with Crippen molar-refractivity contribution >= 4 is 60.8 Å². The van der Waals surface area contributed by atoms with E-state index in [4.69, 9.17) is 0 Å². The van der Waals surface area contributed by atoms with E-state index < -0.39 is 0 Å². The van der Waals surface area contributed by atoms with Crippen LogP contribution in [0.1, 0.15) is 50.2 Å². The highest BCUT2D eigenvalue weighted by atomic mass is 15.2. The summed E-state index contributed by atoms with van der Waals surface area (Å²) in [5, 5.41) is 7.57. The summed E-state index contributed by atoms with van der Waals surface area (Å²) in [6, 6.07) is 65.7. The Morgan fingerprint density at radius 1 is 0.482 bits per heavy atom. The molecule has 2 nitrogen and oxygen atoms in total. The highest BCUT2D eigenvalue weighted by Gasteiger charge is 2.42. The van der Waals surface area contributed by atoms with Gasteiger partial charge in [0, 0.05) is 34.5 Å². The average Bonchev–Trinajstić information content (AvgIpc) is 3.24. The van der Waals surface area contributed by atoms with E-state index in [0.717, 1.165) is 23.5 Å². The van der Waals surface area contributed by atoms with E-state index >= 15 is 0 Å². The first-order chi connectivity index (χ1) is 27.6. The van der Waals surface area contributed by atoms with Crippen LogP contribution in [0.15, 0.2) is 188 Å². The van der Waals surface area contributed by atoms with E-state index in [0.29, 0.717) is 17.4 Å². The van der Waals surface area contributed by atoms with Gasteiger partial charge in [-0.25, -0.2) is 0 Å². The minimum Gasteiger partial charge on any atom is -0.338 e. The van der Waals surface area contributed by atoms with E-state index in [1.54, 1.807) is 0 Å². The molecule has 10 rings (SSSR count). The number of anilines is 5. The lowest BCUT2D eigenvalue weighted by Crippen LogP contribution is -2.44. The minimum atomic E-state index is 0.358. The number of nitrogens with zero attached hydrogens (tertiary/aromatic N) is 2. The van der Waals surface area contributed by atoms with Crippen molar-refractivity contribution in [2.45, 2.75) is 51.5 Å². The Morgan fingerprint density at radius 2 is 0.946 bits per heavy atom. The van der Waals surface area contributed by atoms with Crippen molar-refractivity contribution in [2.75, 3.05) is 9.80 Å². The van der Waals surface area contributed by atoms with Crippen LogP contribution < -0.4 is 9.80 Å². The molecule has 0 spiro atoms. The fraction of sp³-hybridized carbons (Fsp3) is 0.185. The molecule has 8 aromatic rings. The SMILES string of the molecule is CC12CCC=CC1CCC(N(c1ccc(Cc3ccc(N(c4ccc5ccccc5c4)c4ccc5ccccc5c4)cc3)cc1)c1ccc3ccccc3c1)C2. The van der Waals surface area contributed by atoms with Crippen LogP contribution in [-0.2, 0) is 6.42 Å². The first-order valence-corrected chi connectivity index (χ1v) is 20.5. The summed E-state index contributed by atoms with van der Waals surface area (Å²) in [5.41, 5.74) is 9.04. The number of fused-ring (bicyclic) bond motifs is 4. The number of hydrogen-bond acceptors (Lipinski definition) is 2. The van der Waals surface area contributed by atoms with Gasteiger partial charge in [0.15, 0.2) is 0 Å². The Hall–Kier alpha value is -6.12. The molecular weight excluding hydrogens is 677 g/mol. The Bertz CT molecular complexity index is 2610. The van der Waals surface area contributed by atoms with E-state index in [1.807, 2.05) is 0 Å². The molecule has 0 bridgehead atoms.